The Morgan fingerprint density at radius 3 is 2.78 bits per heavy atom. The molecule has 0 atom stereocenters. The molecule has 1 aromatic heterocycles. The fraction of sp³-hybridized carbons (Fsp3) is 0.105. The minimum atomic E-state index is -0.139. The number of carbonyl (C=O) groups is 1. The number of nitrogens with one attached hydrogen (secondary N) is 1. The van der Waals surface area contributed by atoms with Crippen molar-refractivity contribution in [1.29, 1.82) is 0 Å². The van der Waals surface area contributed by atoms with Crippen LogP contribution in [0.4, 0.5) is 0 Å². The van der Waals surface area contributed by atoms with Gasteiger partial charge in [-0.05, 0) is 42.3 Å². The molecule has 1 heterocycles. The molecule has 4 heteroatoms. The number of carbonyl (C=O) groups excluding carboxylic acids is 1. The summed E-state index contributed by atoms with van der Waals surface area (Å²) in [6, 6.07) is 17.3. The maximum Gasteiger partial charge on any atom is 0.244 e. The van der Waals surface area contributed by atoms with Crippen LogP contribution in [0.25, 0.3) is 17.0 Å². The molecule has 3 aromatic rings. The van der Waals surface area contributed by atoms with Gasteiger partial charge in [-0.3, -0.25) is 4.79 Å². The summed E-state index contributed by atoms with van der Waals surface area (Å²) in [5.74, 6) is 0.486. The average Bonchev–Trinajstić information content (AvgIpc) is 2.96. The Kier molecular flexibility index (Phi) is 4.79. The minimum Gasteiger partial charge on any atom is -0.457 e. The van der Waals surface area contributed by atoms with E-state index in [0.717, 1.165) is 17.4 Å². The number of halogens is 1. The molecule has 2 aromatic carbocycles. The van der Waals surface area contributed by atoms with Gasteiger partial charge in [0.2, 0.25) is 5.91 Å². The first-order valence-electron chi connectivity index (χ1n) is 7.40. The van der Waals surface area contributed by atoms with Crippen LogP contribution >= 0.6 is 11.6 Å². The number of hydrogen-bond donors (Lipinski definition) is 1. The van der Waals surface area contributed by atoms with Crippen molar-refractivity contribution in [3.63, 3.8) is 0 Å². The van der Waals surface area contributed by atoms with Gasteiger partial charge in [0.1, 0.15) is 11.3 Å². The van der Waals surface area contributed by atoms with Gasteiger partial charge < -0.3 is 9.73 Å². The molecule has 0 aliphatic carbocycles. The highest BCUT2D eigenvalue weighted by atomic mass is 35.5. The van der Waals surface area contributed by atoms with E-state index < -0.39 is 0 Å². The number of benzene rings is 2. The average molecular weight is 326 g/mol. The van der Waals surface area contributed by atoms with E-state index in [-0.39, 0.29) is 5.91 Å². The zero-order valence-corrected chi connectivity index (χ0v) is 13.2. The first-order valence-corrected chi connectivity index (χ1v) is 7.77. The lowest BCUT2D eigenvalue weighted by Crippen LogP contribution is -2.23. The van der Waals surface area contributed by atoms with E-state index in [2.05, 4.69) is 5.32 Å². The molecular formula is C19H16ClNO2. The van der Waals surface area contributed by atoms with E-state index in [1.807, 2.05) is 48.5 Å². The molecule has 116 valence electrons. The summed E-state index contributed by atoms with van der Waals surface area (Å²) in [5.41, 5.74) is 1.95. The third-order valence-corrected chi connectivity index (χ3v) is 3.69. The summed E-state index contributed by atoms with van der Waals surface area (Å²) in [4.78, 5) is 11.8. The molecule has 3 nitrogen and oxygen atoms in total. The topological polar surface area (TPSA) is 42.2 Å². The molecule has 0 fully saturated rings. The summed E-state index contributed by atoms with van der Waals surface area (Å²) >= 11 is 5.94. The van der Waals surface area contributed by atoms with Crippen LogP contribution in [0.5, 0.6) is 0 Å². The monoisotopic (exact) mass is 325 g/mol. The summed E-state index contributed by atoms with van der Waals surface area (Å²) in [5, 5.41) is 4.43. The third-order valence-electron chi connectivity index (χ3n) is 3.45. The van der Waals surface area contributed by atoms with E-state index >= 15 is 0 Å². The van der Waals surface area contributed by atoms with Crippen LogP contribution in [0.2, 0.25) is 5.02 Å². The van der Waals surface area contributed by atoms with E-state index in [0.29, 0.717) is 17.3 Å². The summed E-state index contributed by atoms with van der Waals surface area (Å²) in [7, 11) is 0. The van der Waals surface area contributed by atoms with Crippen molar-refractivity contribution in [2.24, 2.45) is 0 Å². The van der Waals surface area contributed by atoms with Crippen LogP contribution in [0.15, 0.2) is 65.1 Å². The molecular weight excluding hydrogens is 310 g/mol. The first kappa shape index (κ1) is 15.4. The van der Waals surface area contributed by atoms with Crippen LogP contribution in [-0.2, 0) is 11.2 Å². The fourth-order valence-corrected chi connectivity index (χ4v) is 2.49. The van der Waals surface area contributed by atoms with Crippen molar-refractivity contribution in [2.45, 2.75) is 6.42 Å². The van der Waals surface area contributed by atoms with Crippen molar-refractivity contribution in [3.05, 3.63) is 77.0 Å². The molecule has 0 unspecified atom stereocenters. The van der Waals surface area contributed by atoms with Gasteiger partial charge >= 0.3 is 0 Å². The maximum absolute atomic E-state index is 11.8. The minimum absolute atomic E-state index is 0.139. The maximum atomic E-state index is 11.8. The molecule has 0 saturated heterocycles. The molecule has 0 spiro atoms. The Morgan fingerprint density at radius 1 is 1.13 bits per heavy atom. The molecule has 0 aliphatic heterocycles. The van der Waals surface area contributed by atoms with E-state index in [4.69, 9.17) is 16.0 Å². The molecule has 3 rings (SSSR count). The number of hydrogen-bond acceptors (Lipinski definition) is 2. The van der Waals surface area contributed by atoms with Gasteiger partial charge in [0.05, 0.1) is 0 Å². The van der Waals surface area contributed by atoms with Crippen molar-refractivity contribution in [2.75, 3.05) is 6.54 Å². The second-order valence-electron chi connectivity index (χ2n) is 5.19. The molecule has 0 bridgehead atoms. The zero-order valence-electron chi connectivity index (χ0n) is 12.5. The summed E-state index contributed by atoms with van der Waals surface area (Å²) in [6.07, 6.45) is 3.94. The lowest BCUT2D eigenvalue weighted by Gasteiger charge is -2.02. The van der Waals surface area contributed by atoms with E-state index in [1.165, 1.54) is 11.6 Å². The summed E-state index contributed by atoms with van der Waals surface area (Å²) in [6.45, 7) is 0.600. The first-order chi connectivity index (χ1) is 11.2. The molecule has 23 heavy (non-hydrogen) atoms. The van der Waals surface area contributed by atoms with Gasteiger partial charge in [-0.15, -0.1) is 0 Å². The molecule has 1 amide bonds. The highest BCUT2D eigenvalue weighted by molar-refractivity contribution is 6.31. The van der Waals surface area contributed by atoms with Crippen molar-refractivity contribution < 1.29 is 9.21 Å². The van der Waals surface area contributed by atoms with Crippen LogP contribution < -0.4 is 5.32 Å². The normalized spacial score (nSPS) is 11.2. The predicted molar refractivity (Wildman–Crippen MR) is 93.4 cm³/mol. The van der Waals surface area contributed by atoms with Gasteiger partial charge in [-0.2, -0.15) is 0 Å². The molecule has 0 radical (unpaired) electrons. The number of amides is 1. The van der Waals surface area contributed by atoms with Gasteiger partial charge in [0.25, 0.3) is 0 Å². The Morgan fingerprint density at radius 2 is 1.96 bits per heavy atom. The lowest BCUT2D eigenvalue weighted by atomic mass is 10.1. The summed E-state index contributed by atoms with van der Waals surface area (Å²) < 4.78 is 5.62. The third kappa shape index (κ3) is 4.24. The molecule has 0 saturated carbocycles. The van der Waals surface area contributed by atoms with Crippen molar-refractivity contribution in [1.82, 2.24) is 5.32 Å². The van der Waals surface area contributed by atoms with Gasteiger partial charge in [0, 0.05) is 23.0 Å². The predicted octanol–water partition coefficient (Wildman–Crippen LogP) is 4.46. The zero-order chi connectivity index (χ0) is 16.1. The highest BCUT2D eigenvalue weighted by Gasteiger charge is 2.02. The van der Waals surface area contributed by atoms with E-state index in [9.17, 15) is 4.79 Å². The standard InChI is InChI=1S/C19H16ClNO2/c20-16-6-8-18-15(12-16)13-17(23-18)7-9-19(22)21-11-10-14-4-2-1-3-5-14/h1-9,12-13H,10-11H2,(H,21,22)/b9-7+. The fourth-order valence-electron chi connectivity index (χ4n) is 2.31. The van der Waals surface area contributed by atoms with Crippen LogP contribution in [0, 0.1) is 0 Å². The Bertz CT molecular complexity index is 837. The SMILES string of the molecule is O=C(/C=C/c1cc2cc(Cl)ccc2o1)NCCc1ccccc1. The van der Waals surface area contributed by atoms with Gasteiger partial charge in [0.15, 0.2) is 0 Å². The van der Waals surface area contributed by atoms with Crippen LogP contribution in [0.3, 0.4) is 0 Å². The second-order valence-corrected chi connectivity index (χ2v) is 5.63. The largest absolute Gasteiger partial charge is 0.457 e. The Balaban J connectivity index is 1.55. The Labute approximate surface area is 139 Å². The lowest BCUT2D eigenvalue weighted by molar-refractivity contribution is -0.116. The molecule has 1 N–H and O–H groups in total. The highest BCUT2D eigenvalue weighted by Crippen LogP contribution is 2.23. The van der Waals surface area contributed by atoms with Crippen LogP contribution in [0.1, 0.15) is 11.3 Å². The molecule has 0 aliphatic rings. The second kappa shape index (κ2) is 7.16. The van der Waals surface area contributed by atoms with E-state index in [1.54, 1.807) is 12.1 Å². The number of rotatable bonds is 5. The van der Waals surface area contributed by atoms with Crippen molar-refractivity contribution in [3.8, 4) is 0 Å². The number of furan rings is 1. The number of fused-ring (bicyclic) bond motifs is 1. The van der Waals surface area contributed by atoms with Crippen molar-refractivity contribution >= 4 is 34.6 Å². The van der Waals surface area contributed by atoms with Gasteiger partial charge in [-0.25, -0.2) is 0 Å². The van der Waals surface area contributed by atoms with Gasteiger partial charge in [-0.1, -0.05) is 41.9 Å². The Hall–Kier alpha value is -2.52. The quantitative estimate of drug-likeness (QED) is 0.704. The van der Waals surface area contributed by atoms with Crippen LogP contribution in [-0.4, -0.2) is 12.5 Å². The smallest absolute Gasteiger partial charge is 0.244 e.